The highest BCUT2D eigenvalue weighted by molar-refractivity contribution is 5.87. The van der Waals surface area contributed by atoms with E-state index in [9.17, 15) is 4.79 Å². The molecule has 1 amide bonds. The molecule has 0 aromatic carbocycles. The summed E-state index contributed by atoms with van der Waals surface area (Å²) < 4.78 is 0. The molecule has 1 unspecified atom stereocenters. The second-order valence-electron chi connectivity index (χ2n) is 7.60. The predicted octanol–water partition coefficient (Wildman–Crippen LogP) is 1.93. The van der Waals surface area contributed by atoms with Gasteiger partial charge in [-0.3, -0.25) is 4.79 Å². The molecule has 3 atom stereocenters. The zero-order valence-corrected chi connectivity index (χ0v) is 14.6. The lowest BCUT2D eigenvalue weighted by Gasteiger charge is -2.29. The number of amides is 1. The maximum Gasteiger partial charge on any atom is 0.236 e. The van der Waals surface area contributed by atoms with Gasteiger partial charge in [0, 0.05) is 32.4 Å². The van der Waals surface area contributed by atoms with Crippen LogP contribution in [0.2, 0.25) is 0 Å². The maximum atomic E-state index is 12.0. The van der Waals surface area contributed by atoms with Crippen LogP contribution in [0.25, 0.3) is 11.0 Å². The minimum absolute atomic E-state index is 0.0153. The number of carbonyl (C=O) groups is 1. The summed E-state index contributed by atoms with van der Waals surface area (Å²) in [5.74, 6) is 1.40. The molecule has 2 fully saturated rings. The van der Waals surface area contributed by atoms with Gasteiger partial charge in [-0.05, 0) is 30.2 Å². The molecule has 25 heavy (non-hydrogen) atoms. The van der Waals surface area contributed by atoms with Gasteiger partial charge in [0.1, 0.15) is 24.2 Å². The van der Waals surface area contributed by atoms with Gasteiger partial charge < -0.3 is 14.8 Å². The van der Waals surface area contributed by atoms with Crippen LogP contribution < -0.4 is 4.90 Å². The van der Waals surface area contributed by atoms with Crippen molar-refractivity contribution >= 4 is 22.8 Å². The molecule has 7 nitrogen and oxygen atoms in total. The molecule has 1 saturated heterocycles. The fourth-order valence-electron chi connectivity index (χ4n) is 4.63. The average Bonchev–Trinajstić information content (AvgIpc) is 3.25. The normalized spacial score (nSPS) is 28.1. The molecule has 4 rings (SSSR count). The fraction of sp³-hybridized carbons (Fsp3) is 0.556. The number of H-pyrrole nitrogens is 1. The first-order valence-corrected chi connectivity index (χ1v) is 8.67. The van der Waals surface area contributed by atoms with Crippen molar-refractivity contribution in [2.45, 2.75) is 32.2 Å². The zero-order chi connectivity index (χ0) is 17.6. The number of aromatic amines is 1. The van der Waals surface area contributed by atoms with Crippen LogP contribution in [0.3, 0.4) is 0 Å². The molecule has 2 aromatic rings. The number of carbonyl (C=O) groups excluding carboxylic acids is 1. The number of nitrogens with zero attached hydrogens (tertiary/aromatic N) is 5. The average molecular weight is 338 g/mol. The minimum Gasteiger partial charge on any atom is -0.356 e. The summed E-state index contributed by atoms with van der Waals surface area (Å²) in [5.41, 5.74) is 0.975. The Morgan fingerprint density at radius 1 is 1.56 bits per heavy atom. The van der Waals surface area contributed by atoms with Crippen molar-refractivity contribution < 1.29 is 4.79 Å². The lowest BCUT2D eigenvalue weighted by atomic mass is 9.83. The second-order valence-corrected chi connectivity index (χ2v) is 7.60. The quantitative estimate of drug-likeness (QED) is 0.924. The van der Waals surface area contributed by atoms with Crippen LogP contribution in [-0.2, 0) is 4.79 Å². The molecule has 1 N–H and O–H groups in total. The molecule has 1 aliphatic heterocycles. The molecule has 1 saturated carbocycles. The number of anilines is 1. The van der Waals surface area contributed by atoms with Crippen molar-refractivity contribution in [3.05, 3.63) is 18.6 Å². The van der Waals surface area contributed by atoms with Gasteiger partial charge in [0.25, 0.3) is 0 Å². The molecule has 1 aliphatic carbocycles. The fourth-order valence-corrected chi connectivity index (χ4v) is 4.63. The summed E-state index contributed by atoms with van der Waals surface area (Å²) in [5, 5.41) is 9.79. The Morgan fingerprint density at radius 2 is 2.40 bits per heavy atom. The highest BCUT2D eigenvalue weighted by atomic mass is 16.2. The summed E-state index contributed by atoms with van der Waals surface area (Å²) in [6.07, 6.45) is 5.54. The standard InChI is InChI=1S/C18H22N6O/c1-18-8-13(7-12(18)9-24(10-18)15(25)3-5-19)23(2)17-14-4-6-20-16(14)21-11-22-17/h4,6,11-13H,3,7-10H2,1-2H3,(H,20,21,22)/t12-,13?,18+/m1/s1. The third kappa shape index (κ3) is 2.53. The van der Waals surface area contributed by atoms with Crippen molar-refractivity contribution in [2.75, 3.05) is 25.0 Å². The molecular formula is C18H22N6O. The van der Waals surface area contributed by atoms with E-state index in [-0.39, 0.29) is 17.7 Å². The van der Waals surface area contributed by atoms with E-state index in [1.165, 1.54) is 0 Å². The molecule has 3 heterocycles. The SMILES string of the molecule is CN(c1ncnc2[nH]ccc12)C1C[C@@H]2CN(C(=O)CC#N)C[C@]2(C)C1. The first-order chi connectivity index (χ1) is 12.0. The van der Waals surface area contributed by atoms with Crippen LogP contribution in [0, 0.1) is 22.7 Å². The van der Waals surface area contributed by atoms with Crippen molar-refractivity contribution in [1.29, 1.82) is 5.26 Å². The van der Waals surface area contributed by atoms with E-state index in [4.69, 9.17) is 5.26 Å². The van der Waals surface area contributed by atoms with E-state index >= 15 is 0 Å². The maximum absolute atomic E-state index is 12.0. The first kappa shape index (κ1) is 15.9. The Morgan fingerprint density at radius 3 is 3.16 bits per heavy atom. The van der Waals surface area contributed by atoms with Gasteiger partial charge in [-0.2, -0.15) is 5.26 Å². The van der Waals surface area contributed by atoms with Crippen LogP contribution in [0.1, 0.15) is 26.2 Å². The minimum atomic E-state index is -0.0344. The summed E-state index contributed by atoms with van der Waals surface area (Å²) in [6.45, 7) is 3.80. The Kier molecular flexibility index (Phi) is 3.64. The summed E-state index contributed by atoms with van der Waals surface area (Å²) in [6, 6.07) is 4.38. The molecule has 2 aromatic heterocycles. The number of hydrogen-bond donors (Lipinski definition) is 1. The number of nitrogens with one attached hydrogen (secondary N) is 1. The smallest absolute Gasteiger partial charge is 0.236 e. The van der Waals surface area contributed by atoms with Gasteiger partial charge in [-0.15, -0.1) is 0 Å². The molecule has 7 heteroatoms. The largest absolute Gasteiger partial charge is 0.356 e. The lowest BCUT2D eigenvalue weighted by molar-refractivity contribution is -0.129. The number of nitriles is 1. The Hall–Kier alpha value is -2.62. The van der Waals surface area contributed by atoms with Gasteiger partial charge in [0.2, 0.25) is 5.91 Å². The number of aromatic nitrogens is 3. The van der Waals surface area contributed by atoms with Gasteiger partial charge >= 0.3 is 0 Å². The van der Waals surface area contributed by atoms with Gasteiger partial charge in [0.15, 0.2) is 0 Å². The molecule has 2 aliphatic rings. The van der Waals surface area contributed by atoms with Crippen molar-refractivity contribution in [2.24, 2.45) is 11.3 Å². The Bertz CT molecular complexity index is 855. The van der Waals surface area contributed by atoms with E-state index < -0.39 is 0 Å². The van der Waals surface area contributed by atoms with Crippen LogP contribution >= 0.6 is 0 Å². The number of rotatable bonds is 3. The lowest BCUT2D eigenvalue weighted by Crippen LogP contribution is -2.36. The van der Waals surface area contributed by atoms with E-state index in [1.807, 2.05) is 23.2 Å². The number of fused-ring (bicyclic) bond motifs is 2. The van der Waals surface area contributed by atoms with E-state index in [0.29, 0.717) is 12.0 Å². The summed E-state index contributed by atoms with van der Waals surface area (Å²) >= 11 is 0. The number of hydrogen-bond acceptors (Lipinski definition) is 5. The molecular weight excluding hydrogens is 316 g/mol. The molecule has 0 spiro atoms. The van der Waals surface area contributed by atoms with Gasteiger partial charge in [-0.25, -0.2) is 9.97 Å². The number of likely N-dealkylation sites (tertiary alicyclic amines) is 1. The van der Waals surface area contributed by atoms with Crippen molar-refractivity contribution in [3.63, 3.8) is 0 Å². The monoisotopic (exact) mass is 338 g/mol. The van der Waals surface area contributed by atoms with Crippen LogP contribution in [0.5, 0.6) is 0 Å². The van der Waals surface area contributed by atoms with E-state index in [1.54, 1.807) is 6.33 Å². The van der Waals surface area contributed by atoms with Gasteiger partial charge in [0.05, 0.1) is 11.5 Å². The third-order valence-electron chi connectivity index (χ3n) is 6.03. The topological polar surface area (TPSA) is 88.9 Å². The summed E-state index contributed by atoms with van der Waals surface area (Å²) in [7, 11) is 2.10. The van der Waals surface area contributed by atoms with Crippen LogP contribution in [-0.4, -0.2) is 51.9 Å². The Balaban J connectivity index is 1.52. The highest BCUT2D eigenvalue weighted by Crippen LogP contribution is 2.50. The predicted molar refractivity (Wildman–Crippen MR) is 93.7 cm³/mol. The second kappa shape index (κ2) is 5.73. The van der Waals surface area contributed by atoms with Crippen molar-refractivity contribution in [3.8, 4) is 6.07 Å². The third-order valence-corrected chi connectivity index (χ3v) is 6.03. The first-order valence-electron chi connectivity index (χ1n) is 8.67. The molecule has 0 radical (unpaired) electrons. The highest BCUT2D eigenvalue weighted by Gasteiger charge is 2.51. The molecule has 130 valence electrons. The van der Waals surface area contributed by atoms with Gasteiger partial charge in [-0.1, -0.05) is 6.92 Å². The zero-order valence-electron chi connectivity index (χ0n) is 14.6. The summed E-state index contributed by atoms with van der Waals surface area (Å²) in [4.78, 5) is 28.1. The molecule has 0 bridgehead atoms. The van der Waals surface area contributed by atoms with Crippen LogP contribution in [0.15, 0.2) is 18.6 Å². The van der Waals surface area contributed by atoms with E-state index in [2.05, 4.69) is 33.8 Å². The van der Waals surface area contributed by atoms with E-state index in [0.717, 1.165) is 42.8 Å². The van der Waals surface area contributed by atoms with Crippen molar-refractivity contribution in [1.82, 2.24) is 19.9 Å². The van der Waals surface area contributed by atoms with Crippen LogP contribution in [0.4, 0.5) is 5.82 Å². The Labute approximate surface area is 146 Å².